The highest BCUT2D eigenvalue weighted by atomic mass is 16.6. The monoisotopic (exact) mass is 376 g/mol. The van der Waals surface area contributed by atoms with Gasteiger partial charge in [-0.25, -0.2) is 9.78 Å². The summed E-state index contributed by atoms with van der Waals surface area (Å²) in [4.78, 5) is 22.0. The Morgan fingerprint density at radius 2 is 1.64 bits per heavy atom. The van der Waals surface area contributed by atoms with Crippen molar-refractivity contribution in [2.45, 2.75) is 25.9 Å². The van der Waals surface area contributed by atoms with Crippen LogP contribution < -0.4 is 10.2 Å². The Morgan fingerprint density at radius 3 is 2.21 bits per heavy atom. The number of carbonyl (C=O) groups excluding carboxylic acids is 1. The first-order chi connectivity index (χ1) is 13.6. The fraction of sp³-hybridized carbons (Fsp3) is 0.227. The maximum Gasteiger partial charge on any atom is 0.415 e. The molecule has 1 aliphatic rings. The number of rotatable bonds is 4. The van der Waals surface area contributed by atoms with Crippen LogP contribution in [0.3, 0.4) is 0 Å². The van der Waals surface area contributed by atoms with Crippen LogP contribution >= 0.6 is 0 Å². The number of aromatic nitrogens is 2. The molecule has 0 spiro atoms. The largest absolute Gasteiger partial charge is 0.447 e. The Kier molecular flexibility index (Phi) is 6.57. The number of benzene rings is 2. The summed E-state index contributed by atoms with van der Waals surface area (Å²) in [6.45, 7) is 4.34. The third kappa shape index (κ3) is 5.07. The summed E-state index contributed by atoms with van der Waals surface area (Å²) in [6.07, 6.45) is 1.27. The SMILES string of the molecule is C[C@@H](Nc1nccc(N2C(=O)OC[C@@H]2C)n1)c1ccccc1.c1ccccc1. The summed E-state index contributed by atoms with van der Waals surface area (Å²) in [6, 6.07) is 23.8. The van der Waals surface area contributed by atoms with Crippen molar-refractivity contribution in [2.24, 2.45) is 0 Å². The number of anilines is 2. The third-order valence-corrected chi connectivity index (χ3v) is 4.29. The van der Waals surface area contributed by atoms with Gasteiger partial charge in [-0.15, -0.1) is 0 Å². The summed E-state index contributed by atoms with van der Waals surface area (Å²) in [7, 11) is 0. The molecule has 3 aromatic rings. The van der Waals surface area contributed by atoms with Crippen LogP contribution in [0.5, 0.6) is 0 Å². The van der Waals surface area contributed by atoms with E-state index in [-0.39, 0.29) is 18.2 Å². The number of nitrogens with zero attached hydrogens (tertiary/aromatic N) is 3. The second-order valence-electron chi connectivity index (χ2n) is 6.47. The molecule has 1 aromatic heterocycles. The van der Waals surface area contributed by atoms with E-state index >= 15 is 0 Å². The van der Waals surface area contributed by atoms with Crippen LogP contribution in [0.25, 0.3) is 0 Å². The van der Waals surface area contributed by atoms with Crippen LogP contribution in [0.4, 0.5) is 16.6 Å². The molecule has 28 heavy (non-hydrogen) atoms. The summed E-state index contributed by atoms with van der Waals surface area (Å²) in [5.74, 6) is 1.04. The zero-order valence-electron chi connectivity index (χ0n) is 16.0. The Bertz CT molecular complexity index is 847. The molecule has 1 fully saturated rings. The third-order valence-electron chi connectivity index (χ3n) is 4.29. The van der Waals surface area contributed by atoms with Gasteiger partial charge in [-0.1, -0.05) is 66.7 Å². The highest BCUT2D eigenvalue weighted by Gasteiger charge is 2.32. The zero-order valence-corrected chi connectivity index (χ0v) is 16.0. The molecule has 4 rings (SSSR count). The average molecular weight is 376 g/mol. The van der Waals surface area contributed by atoms with Crippen LogP contribution in [0, 0.1) is 0 Å². The van der Waals surface area contributed by atoms with Gasteiger partial charge in [0.25, 0.3) is 0 Å². The van der Waals surface area contributed by atoms with Gasteiger partial charge in [0.05, 0.1) is 12.1 Å². The van der Waals surface area contributed by atoms with Crippen LogP contribution in [0.2, 0.25) is 0 Å². The van der Waals surface area contributed by atoms with Gasteiger partial charge < -0.3 is 10.1 Å². The topological polar surface area (TPSA) is 67.4 Å². The van der Waals surface area contributed by atoms with Crippen LogP contribution in [0.15, 0.2) is 79.0 Å². The molecule has 0 aliphatic carbocycles. The van der Waals surface area contributed by atoms with E-state index in [4.69, 9.17) is 4.74 Å². The fourth-order valence-electron chi connectivity index (χ4n) is 2.79. The van der Waals surface area contributed by atoms with Crippen molar-refractivity contribution in [3.63, 3.8) is 0 Å². The highest BCUT2D eigenvalue weighted by Crippen LogP contribution is 2.23. The van der Waals surface area contributed by atoms with Gasteiger partial charge in [0.2, 0.25) is 5.95 Å². The van der Waals surface area contributed by atoms with E-state index in [0.717, 1.165) is 5.56 Å². The van der Waals surface area contributed by atoms with Gasteiger partial charge in [0.1, 0.15) is 12.4 Å². The van der Waals surface area contributed by atoms with E-state index in [9.17, 15) is 4.79 Å². The number of hydrogen-bond donors (Lipinski definition) is 1. The molecule has 6 nitrogen and oxygen atoms in total. The number of hydrogen-bond acceptors (Lipinski definition) is 5. The normalized spacial score (nSPS) is 16.6. The molecule has 6 heteroatoms. The van der Waals surface area contributed by atoms with E-state index in [1.54, 1.807) is 17.2 Å². The number of ether oxygens (including phenoxy) is 1. The Morgan fingerprint density at radius 1 is 1.04 bits per heavy atom. The van der Waals surface area contributed by atoms with Crippen molar-refractivity contribution >= 4 is 17.9 Å². The summed E-state index contributed by atoms with van der Waals surface area (Å²) >= 11 is 0. The van der Waals surface area contributed by atoms with Crippen molar-refractivity contribution in [3.05, 3.63) is 84.6 Å². The molecule has 1 amide bonds. The molecular formula is C22H24N4O2. The lowest BCUT2D eigenvalue weighted by Crippen LogP contribution is -2.31. The second kappa shape index (κ2) is 9.50. The predicted molar refractivity (Wildman–Crippen MR) is 110 cm³/mol. The highest BCUT2D eigenvalue weighted by molar-refractivity contribution is 5.89. The molecule has 0 unspecified atom stereocenters. The van der Waals surface area contributed by atoms with Gasteiger partial charge in [0, 0.05) is 6.20 Å². The molecule has 2 heterocycles. The summed E-state index contributed by atoms with van der Waals surface area (Å²) in [5.41, 5.74) is 1.14. The van der Waals surface area contributed by atoms with Gasteiger partial charge in [0.15, 0.2) is 0 Å². The standard InChI is InChI=1S/C16H18N4O2.C6H6/c1-11-10-22-16(21)20(11)14-8-9-17-15(19-14)18-12(2)13-6-4-3-5-7-13;1-2-4-6-5-3-1/h3-9,11-12H,10H2,1-2H3,(H,17,18,19);1-6H/t11-,12+;/m0./s1. The quantitative estimate of drug-likeness (QED) is 0.716. The lowest BCUT2D eigenvalue weighted by atomic mass is 10.1. The van der Waals surface area contributed by atoms with Crippen LogP contribution in [0.1, 0.15) is 25.5 Å². The van der Waals surface area contributed by atoms with Gasteiger partial charge in [-0.2, -0.15) is 4.98 Å². The van der Waals surface area contributed by atoms with Gasteiger partial charge >= 0.3 is 6.09 Å². The van der Waals surface area contributed by atoms with Crippen LogP contribution in [-0.4, -0.2) is 28.7 Å². The number of nitrogens with one attached hydrogen (secondary N) is 1. The van der Waals surface area contributed by atoms with E-state index in [2.05, 4.69) is 15.3 Å². The fourth-order valence-corrected chi connectivity index (χ4v) is 2.79. The predicted octanol–water partition coefficient (Wildman–Crippen LogP) is 4.68. The lowest BCUT2D eigenvalue weighted by Gasteiger charge is -2.18. The minimum Gasteiger partial charge on any atom is -0.447 e. The smallest absolute Gasteiger partial charge is 0.415 e. The van der Waals surface area contributed by atoms with E-state index < -0.39 is 0 Å². The van der Waals surface area contributed by atoms with Crippen molar-refractivity contribution in [1.82, 2.24) is 9.97 Å². The second-order valence-corrected chi connectivity index (χ2v) is 6.47. The maximum absolute atomic E-state index is 11.8. The van der Waals surface area contributed by atoms with Crippen molar-refractivity contribution < 1.29 is 9.53 Å². The van der Waals surface area contributed by atoms with Crippen LogP contribution in [-0.2, 0) is 4.74 Å². The Labute approximate surface area is 165 Å². The molecule has 2 aromatic carbocycles. The van der Waals surface area contributed by atoms with Crippen molar-refractivity contribution in [3.8, 4) is 0 Å². The van der Waals surface area contributed by atoms with E-state index in [1.807, 2.05) is 80.6 Å². The lowest BCUT2D eigenvalue weighted by molar-refractivity contribution is 0.179. The van der Waals surface area contributed by atoms with Gasteiger partial charge in [-0.05, 0) is 25.5 Å². The first-order valence-electron chi connectivity index (χ1n) is 9.25. The molecule has 1 saturated heterocycles. The Hall–Kier alpha value is -3.41. The van der Waals surface area contributed by atoms with E-state index in [0.29, 0.717) is 18.4 Å². The Balaban J connectivity index is 0.000000320. The van der Waals surface area contributed by atoms with Crippen molar-refractivity contribution in [1.29, 1.82) is 0 Å². The summed E-state index contributed by atoms with van der Waals surface area (Å²) < 4.78 is 5.03. The molecule has 1 aliphatic heterocycles. The first kappa shape index (κ1) is 19.4. The average Bonchev–Trinajstić information content (AvgIpc) is 3.09. The molecule has 0 radical (unpaired) electrons. The minimum absolute atomic E-state index is 0.0261. The van der Waals surface area contributed by atoms with E-state index in [1.165, 1.54) is 0 Å². The number of cyclic esters (lactones) is 1. The minimum atomic E-state index is -0.367. The summed E-state index contributed by atoms with van der Waals surface area (Å²) in [5, 5.41) is 3.25. The van der Waals surface area contributed by atoms with Crippen molar-refractivity contribution in [2.75, 3.05) is 16.8 Å². The number of carbonyl (C=O) groups is 1. The molecule has 0 bridgehead atoms. The first-order valence-corrected chi connectivity index (χ1v) is 9.25. The van der Waals surface area contributed by atoms with Gasteiger partial charge in [-0.3, -0.25) is 4.90 Å². The molecule has 0 saturated carbocycles. The zero-order chi connectivity index (χ0) is 19.8. The number of amides is 1. The maximum atomic E-state index is 11.8. The molecule has 144 valence electrons. The molecule has 1 N–H and O–H groups in total. The molecule has 2 atom stereocenters. The molecular weight excluding hydrogens is 352 g/mol.